The van der Waals surface area contributed by atoms with Crippen molar-refractivity contribution >= 4 is 5.71 Å². The number of benzene rings is 2. The Kier molecular flexibility index (Phi) is 4.51. The van der Waals surface area contributed by atoms with Gasteiger partial charge in [-0.15, -0.1) is 0 Å². The lowest BCUT2D eigenvalue weighted by atomic mass is 9.80. The summed E-state index contributed by atoms with van der Waals surface area (Å²) >= 11 is 0. The molecule has 2 aromatic rings. The molecule has 0 aromatic heterocycles. The van der Waals surface area contributed by atoms with Gasteiger partial charge in [0.1, 0.15) is 5.60 Å². The van der Waals surface area contributed by atoms with E-state index in [1.807, 2.05) is 26.0 Å². The zero-order chi connectivity index (χ0) is 21.9. The highest BCUT2D eigenvalue weighted by atomic mass is 16.5. The van der Waals surface area contributed by atoms with Crippen LogP contribution in [0.25, 0.3) is 0 Å². The molecular weight excluding hydrogens is 372 g/mol. The third-order valence-electron chi connectivity index (χ3n) is 6.06. The zero-order valence-corrected chi connectivity index (χ0v) is 19.0. The molecule has 2 aromatic carbocycles. The molecule has 0 N–H and O–H groups in total. The summed E-state index contributed by atoms with van der Waals surface area (Å²) in [6, 6.07) is 12.8. The van der Waals surface area contributed by atoms with Crippen molar-refractivity contribution in [2.45, 2.75) is 70.9 Å². The summed E-state index contributed by atoms with van der Waals surface area (Å²) < 4.78 is 12.0. The molecule has 2 aliphatic rings. The largest absolute Gasteiger partial charge is 0.493 e. The van der Waals surface area contributed by atoms with E-state index in [2.05, 4.69) is 52.0 Å². The molecule has 0 saturated carbocycles. The van der Waals surface area contributed by atoms with Crippen LogP contribution in [0.4, 0.5) is 0 Å². The van der Waals surface area contributed by atoms with Crippen molar-refractivity contribution in [1.29, 1.82) is 5.26 Å². The Hall–Kier alpha value is -2.80. The Morgan fingerprint density at radius 2 is 1.77 bits per heavy atom. The molecule has 0 unspecified atom stereocenters. The molecule has 2 heterocycles. The summed E-state index contributed by atoms with van der Waals surface area (Å²) in [6.45, 7) is 12.4. The van der Waals surface area contributed by atoms with Gasteiger partial charge in [-0.1, -0.05) is 24.3 Å². The lowest BCUT2D eigenvalue weighted by Gasteiger charge is -2.31. The minimum absolute atomic E-state index is 0.207. The van der Waals surface area contributed by atoms with E-state index in [0.29, 0.717) is 0 Å². The molecule has 4 rings (SSSR count). The Morgan fingerprint density at radius 3 is 2.37 bits per heavy atom. The zero-order valence-electron chi connectivity index (χ0n) is 19.0. The fourth-order valence-corrected chi connectivity index (χ4v) is 4.54. The van der Waals surface area contributed by atoms with E-state index in [0.717, 1.165) is 41.2 Å². The Labute approximate surface area is 179 Å². The second kappa shape index (κ2) is 6.60. The lowest BCUT2D eigenvalue weighted by molar-refractivity contribution is 0.134. The van der Waals surface area contributed by atoms with Crippen LogP contribution in [-0.4, -0.2) is 24.0 Å². The molecule has 4 heteroatoms. The summed E-state index contributed by atoms with van der Waals surface area (Å²) in [5.74, 6) is 1.65. The first-order chi connectivity index (χ1) is 14.0. The van der Waals surface area contributed by atoms with Crippen molar-refractivity contribution < 1.29 is 9.47 Å². The molecule has 30 heavy (non-hydrogen) atoms. The fraction of sp³-hybridized carbons (Fsp3) is 0.462. The fourth-order valence-electron chi connectivity index (χ4n) is 4.54. The SMILES string of the molecule is COc1cc2c(c3c1OC(C)(C)C3)C(c1ccc(C(C)(C)C#N)cc1)=NC(C)(C)C2. The number of fused-ring (bicyclic) bond motifs is 3. The number of hydrogen-bond donors (Lipinski definition) is 0. The van der Waals surface area contributed by atoms with Crippen LogP contribution in [0.3, 0.4) is 0 Å². The quantitative estimate of drug-likeness (QED) is 0.692. The van der Waals surface area contributed by atoms with E-state index in [1.165, 1.54) is 16.7 Å². The molecule has 0 bridgehead atoms. The van der Waals surface area contributed by atoms with Crippen LogP contribution >= 0.6 is 0 Å². The van der Waals surface area contributed by atoms with Gasteiger partial charge in [0.05, 0.1) is 29.8 Å². The minimum Gasteiger partial charge on any atom is -0.493 e. The van der Waals surface area contributed by atoms with E-state index in [-0.39, 0.29) is 11.1 Å². The minimum atomic E-state index is -0.517. The van der Waals surface area contributed by atoms with Crippen LogP contribution < -0.4 is 9.47 Å². The maximum Gasteiger partial charge on any atom is 0.166 e. The van der Waals surface area contributed by atoms with Gasteiger partial charge in [0, 0.05) is 23.1 Å². The molecule has 0 aliphatic carbocycles. The van der Waals surface area contributed by atoms with Gasteiger partial charge in [0.25, 0.3) is 0 Å². The van der Waals surface area contributed by atoms with E-state index in [4.69, 9.17) is 14.5 Å². The smallest absolute Gasteiger partial charge is 0.166 e. The Bertz CT molecular complexity index is 1080. The number of ether oxygens (including phenoxy) is 2. The van der Waals surface area contributed by atoms with Crippen LogP contribution in [0.1, 0.15) is 69.4 Å². The van der Waals surface area contributed by atoms with Gasteiger partial charge >= 0.3 is 0 Å². The molecule has 0 saturated heterocycles. The topological polar surface area (TPSA) is 54.6 Å². The number of hydrogen-bond acceptors (Lipinski definition) is 4. The van der Waals surface area contributed by atoms with Crippen LogP contribution in [-0.2, 0) is 18.3 Å². The molecule has 156 valence electrons. The Morgan fingerprint density at radius 1 is 1.10 bits per heavy atom. The van der Waals surface area contributed by atoms with Crippen molar-refractivity contribution in [3.8, 4) is 17.6 Å². The van der Waals surface area contributed by atoms with Gasteiger partial charge in [-0.3, -0.25) is 4.99 Å². The van der Waals surface area contributed by atoms with Crippen molar-refractivity contribution in [2.75, 3.05) is 7.11 Å². The number of aliphatic imine (C=N–C) groups is 1. The molecule has 0 radical (unpaired) electrons. The second-order valence-corrected chi connectivity index (χ2v) is 10.2. The normalized spacial score (nSPS) is 18.5. The molecule has 0 atom stereocenters. The maximum absolute atomic E-state index is 9.47. The summed E-state index contributed by atoms with van der Waals surface area (Å²) in [7, 11) is 1.70. The molecule has 0 fully saturated rings. The monoisotopic (exact) mass is 402 g/mol. The van der Waals surface area contributed by atoms with E-state index < -0.39 is 5.41 Å². The number of methoxy groups -OCH3 is 1. The van der Waals surface area contributed by atoms with Crippen molar-refractivity contribution in [3.05, 3.63) is 58.1 Å². The summed E-state index contributed by atoms with van der Waals surface area (Å²) in [5, 5.41) is 9.47. The van der Waals surface area contributed by atoms with Crippen molar-refractivity contribution in [3.63, 3.8) is 0 Å². The van der Waals surface area contributed by atoms with E-state index in [9.17, 15) is 5.26 Å². The molecule has 2 aliphatic heterocycles. The standard InChI is InChI=1S/C26H30N2O2/c1-24(2,15-27)18-10-8-16(9-11-18)22-21-17(13-25(3,4)28-22)12-20(29-7)23-19(21)14-26(5,6)30-23/h8-12H,13-14H2,1-7H3. The maximum atomic E-state index is 9.47. The van der Waals surface area contributed by atoms with E-state index >= 15 is 0 Å². The second-order valence-electron chi connectivity index (χ2n) is 10.2. The van der Waals surface area contributed by atoms with Crippen LogP contribution in [0, 0.1) is 11.3 Å². The summed E-state index contributed by atoms with van der Waals surface area (Å²) in [6.07, 6.45) is 1.68. The first-order valence-electron chi connectivity index (χ1n) is 10.5. The lowest BCUT2D eigenvalue weighted by Crippen LogP contribution is -2.30. The number of nitrogens with zero attached hydrogens (tertiary/aromatic N) is 2. The predicted molar refractivity (Wildman–Crippen MR) is 120 cm³/mol. The van der Waals surface area contributed by atoms with Crippen LogP contribution in [0.2, 0.25) is 0 Å². The molecule has 0 spiro atoms. The van der Waals surface area contributed by atoms with Crippen LogP contribution in [0.5, 0.6) is 11.5 Å². The van der Waals surface area contributed by atoms with Crippen molar-refractivity contribution in [1.82, 2.24) is 0 Å². The van der Waals surface area contributed by atoms with Gasteiger partial charge < -0.3 is 9.47 Å². The van der Waals surface area contributed by atoms with Crippen molar-refractivity contribution in [2.24, 2.45) is 4.99 Å². The number of rotatable bonds is 3. The average Bonchev–Trinajstić information content (AvgIpc) is 3.00. The van der Waals surface area contributed by atoms with Gasteiger partial charge in [-0.2, -0.15) is 5.26 Å². The highest BCUT2D eigenvalue weighted by Crippen LogP contribution is 2.47. The summed E-state index contributed by atoms with van der Waals surface area (Å²) in [5.41, 5.74) is 5.70. The molecule has 0 amide bonds. The molecule has 4 nitrogen and oxygen atoms in total. The van der Waals surface area contributed by atoms with Gasteiger partial charge in [-0.05, 0) is 65.2 Å². The number of nitriles is 1. The Balaban J connectivity index is 1.90. The van der Waals surface area contributed by atoms with E-state index in [1.54, 1.807) is 7.11 Å². The van der Waals surface area contributed by atoms with Crippen LogP contribution in [0.15, 0.2) is 35.3 Å². The summed E-state index contributed by atoms with van der Waals surface area (Å²) in [4.78, 5) is 5.17. The highest BCUT2D eigenvalue weighted by Gasteiger charge is 2.39. The molecular formula is C26H30N2O2. The average molecular weight is 403 g/mol. The van der Waals surface area contributed by atoms with Gasteiger partial charge in [0.15, 0.2) is 11.5 Å². The first kappa shape index (κ1) is 20.5. The third kappa shape index (κ3) is 3.37. The first-order valence-corrected chi connectivity index (χ1v) is 10.5. The third-order valence-corrected chi connectivity index (χ3v) is 6.06. The predicted octanol–water partition coefficient (Wildman–Crippen LogP) is 5.38. The van der Waals surface area contributed by atoms with Gasteiger partial charge in [-0.25, -0.2) is 0 Å². The highest BCUT2D eigenvalue weighted by molar-refractivity contribution is 6.16. The van der Waals surface area contributed by atoms with Gasteiger partial charge in [0.2, 0.25) is 0 Å².